The van der Waals surface area contributed by atoms with E-state index in [1.54, 1.807) is 25.3 Å². The maximum Gasteiger partial charge on any atom is 0.221 e. The van der Waals surface area contributed by atoms with Crippen LogP contribution in [-0.2, 0) is 27.8 Å². The first-order chi connectivity index (χ1) is 18.1. The molecule has 0 saturated heterocycles. The third-order valence-electron chi connectivity index (χ3n) is 5.93. The van der Waals surface area contributed by atoms with E-state index in [1.807, 2.05) is 38.1 Å². The van der Waals surface area contributed by atoms with Crippen molar-refractivity contribution in [3.63, 3.8) is 0 Å². The van der Waals surface area contributed by atoms with Gasteiger partial charge in [-0.05, 0) is 60.7 Å². The van der Waals surface area contributed by atoms with Gasteiger partial charge in [-0.15, -0.1) is 0 Å². The number of halogens is 2. The first-order valence-corrected chi connectivity index (χ1v) is 15.2. The normalized spacial score (nSPS) is 13.3. The van der Waals surface area contributed by atoms with E-state index in [2.05, 4.69) is 10.6 Å². The molecule has 0 aliphatic rings. The SMILES string of the molecule is CCCN(CCC)S(=O)(=O)CCC(=O)N[C@@H](Cc1cc(Cl)cc(Cl)c1)[C@@H](O)CNCc1cccc(OC)c1. The van der Waals surface area contributed by atoms with Crippen LogP contribution in [0.15, 0.2) is 42.5 Å². The van der Waals surface area contributed by atoms with Gasteiger partial charge in [0.25, 0.3) is 0 Å². The molecular formula is C27H39Cl2N3O5S. The van der Waals surface area contributed by atoms with Crippen LogP contribution in [0.5, 0.6) is 5.75 Å². The number of benzene rings is 2. The van der Waals surface area contributed by atoms with E-state index in [0.29, 0.717) is 42.5 Å². The highest BCUT2D eigenvalue weighted by Crippen LogP contribution is 2.21. The van der Waals surface area contributed by atoms with Crippen molar-refractivity contribution >= 4 is 39.1 Å². The van der Waals surface area contributed by atoms with Gasteiger partial charge in [-0.25, -0.2) is 12.7 Å². The Labute approximate surface area is 236 Å². The highest BCUT2D eigenvalue weighted by atomic mass is 35.5. The number of hydrogen-bond acceptors (Lipinski definition) is 6. The predicted molar refractivity (Wildman–Crippen MR) is 153 cm³/mol. The zero-order valence-corrected chi connectivity index (χ0v) is 24.6. The number of aliphatic hydroxyl groups is 1. The van der Waals surface area contributed by atoms with Gasteiger partial charge in [-0.2, -0.15) is 0 Å². The van der Waals surface area contributed by atoms with Crippen LogP contribution in [0, 0.1) is 0 Å². The first kappa shape index (κ1) is 32.3. The molecule has 0 saturated carbocycles. The van der Waals surface area contributed by atoms with E-state index in [-0.39, 0.29) is 25.1 Å². The number of nitrogens with zero attached hydrogens (tertiary/aromatic N) is 1. The van der Waals surface area contributed by atoms with E-state index < -0.39 is 28.1 Å². The zero-order valence-electron chi connectivity index (χ0n) is 22.3. The maximum atomic E-state index is 12.8. The van der Waals surface area contributed by atoms with Crippen molar-refractivity contribution in [1.29, 1.82) is 0 Å². The van der Waals surface area contributed by atoms with Crippen LogP contribution < -0.4 is 15.4 Å². The lowest BCUT2D eigenvalue weighted by Crippen LogP contribution is -2.49. The summed E-state index contributed by atoms with van der Waals surface area (Å²) in [6.07, 6.45) is 0.493. The van der Waals surface area contributed by atoms with Crippen molar-refractivity contribution in [3.8, 4) is 5.75 Å². The van der Waals surface area contributed by atoms with Crippen LogP contribution in [0.4, 0.5) is 0 Å². The minimum absolute atomic E-state index is 0.190. The Bertz CT molecular complexity index is 1110. The Hall–Kier alpha value is -1.88. The summed E-state index contributed by atoms with van der Waals surface area (Å²) in [6.45, 7) is 5.36. The number of amides is 1. The van der Waals surface area contributed by atoms with E-state index in [1.165, 1.54) is 4.31 Å². The van der Waals surface area contributed by atoms with Crippen LogP contribution in [0.2, 0.25) is 10.0 Å². The quantitative estimate of drug-likeness (QED) is 0.258. The van der Waals surface area contributed by atoms with Crippen molar-refractivity contribution in [2.75, 3.05) is 32.5 Å². The predicted octanol–water partition coefficient (Wildman–Crippen LogP) is 4.02. The Morgan fingerprint density at radius 1 is 1.05 bits per heavy atom. The van der Waals surface area contributed by atoms with Gasteiger partial charge >= 0.3 is 0 Å². The molecule has 2 atom stereocenters. The fourth-order valence-corrected chi connectivity index (χ4v) is 6.27. The molecule has 2 aromatic carbocycles. The van der Waals surface area contributed by atoms with E-state index in [9.17, 15) is 18.3 Å². The van der Waals surface area contributed by atoms with Gasteiger partial charge in [0.2, 0.25) is 15.9 Å². The lowest BCUT2D eigenvalue weighted by molar-refractivity contribution is -0.122. The summed E-state index contributed by atoms with van der Waals surface area (Å²) < 4.78 is 32.2. The number of carbonyl (C=O) groups excluding carboxylic acids is 1. The molecule has 0 fully saturated rings. The topological polar surface area (TPSA) is 108 Å². The van der Waals surface area contributed by atoms with Gasteiger partial charge in [-0.3, -0.25) is 4.79 Å². The molecule has 0 aromatic heterocycles. The molecule has 8 nitrogen and oxygen atoms in total. The average Bonchev–Trinajstić information content (AvgIpc) is 2.86. The summed E-state index contributed by atoms with van der Waals surface area (Å²) >= 11 is 12.3. The van der Waals surface area contributed by atoms with Crippen molar-refractivity contribution < 1.29 is 23.1 Å². The fourth-order valence-electron chi connectivity index (χ4n) is 4.07. The van der Waals surface area contributed by atoms with Gasteiger partial charge in [0.1, 0.15) is 5.75 Å². The standard InChI is InChI=1S/C27H39Cl2N3O5S/c1-4-10-32(11-5-2)38(35,36)12-9-27(34)31-25(16-21-13-22(28)17-23(29)14-21)26(33)19-30-18-20-7-6-8-24(15-20)37-3/h6-8,13-15,17,25-26,30,33H,4-5,9-12,16,18-19H2,1-3H3,(H,31,34)/t25-,26-/m0/s1. The summed E-state index contributed by atoms with van der Waals surface area (Å²) in [4.78, 5) is 12.8. The summed E-state index contributed by atoms with van der Waals surface area (Å²) in [6, 6.07) is 11.9. The van der Waals surface area contributed by atoms with E-state index >= 15 is 0 Å². The lowest BCUT2D eigenvalue weighted by atomic mass is 10.0. The van der Waals surface area contributed by atoms with Crippen LogP contribution in [0.1, 0.15) is 44.2 Å². The Morgan fingerprint density at radius 2 is 1.71 bits per heavy atom. The number of methoxy groups -OCH3 is 1. The van der Waals surface area contributed by atoms with Crippen LogP contribution in [0.3, 0.4) is 0 Å². The Balaban J connectivity index is 2.07. The molecule has 0 radical (unpaired) electrons. The minimum Gasteiger partial charge on any atom is -0.497 e. The van der Waals surface area contributed by atoms with Crippen molar-refractivity contribution in [3.05, 3.63) is 63.6 Å². The number of aliphatic hydroxyl groups excluding tert-OH is 1. The molecule has 0 heterocycles. The second-order valence-corrected chi connectivity index (χ2v) is 12.1. The van der Waals surface area contributed by atoms with E-state index in [4.69, 9.17) is 27.9 Å². The second-order valence-electron chi connectivity index (χ2n) is 9.17. The lowest BCUT2D eigenvalue weighted by Gasteiger charge is -2.26. The number of sulfonamides is 1. The third-order valence-corrected chi connectivity index (χ3v) is 8.24. The van der Waals surface area contributed by atoms with Crippen molar-refractivity contribution in [2.24, 2.45) is 0 Å². The van der Waals surface area contributed by atoms with Crippen molar-refractivity contribution in [1.82, 2.24) is 14.9 Å². The molecule has 2 aromatic rings. The van der Waals surface area contributed by atoms with Crippen LogP contribution >= 0.6 is 23.2 Å². The second kappa shape index (κ2) is 16.3. The molecule has 2 rings (SSSR count). The first-order valence-electron chi connectivity index (χ1n) is 12.8. The molecule has 38 heavy (non-hydrogen) atoms. The molecule has 0 unspecified atom stereocenters. The molecule has 212 valence electrons. The van der Waals surface area contributed by atoms with E-state index in [0.717, 1.165) is 16.9 Å². The molecule has 0 aliphatic heterocycles. The summed E-state index contributed by atoms with van der Waals surface area (Å²) in [7, 11) is -1.97. The monoisotopic (exact) mass is 587 g/mol. The maximum absolute atomic E-state index is 12.8. The average molecular weight is 589 g/mol. The minimum atomic E-state index is -3.57. The fraction of sp³-hybridized carbons (Fsp3) is 0.519. The summed E-state index contributed by atoms with van der Waals surface area (Å²) in [5.74, 6) is -0.00986. The van der Waals surface area contributed by atoms with Crippen LogP contribution in [0.25, 0.3) is 0 Å². The highest BCUT2D eigenvalue weighted by Gasteiger charge is 2.25. The number of nitrogens with one attached hydrogen (secondary N) is 2. The zero-order chi connectivity index (χ0) is 28.1. The summed E-state index contributed by atoms with van der Waals surface area (Å²) in [5, 5.41) is 17.9. The van der Waals surface area contributed by atoms with Crippen LogP contribution in [-0.4, -0.2) is 68.4 Å². The highest BCUT2D eigenvalue weighted by molar-refractivity contribution is 7.89. The largest absolute Gasteiger partial charge is 0.497 e. The molecular weight excluding hydrogens is 549 g/mol. The Kier molecular flexibility index (Phi) is 13.8. The Morgan fingerprint density at radius 3 is 2.32 bits per heavy atom. The number of rotatable bonds is 17. The number of hydrogen-bond donors (Lipinski definition) is 3. The molecule has 0 aliphatic carbocycles. The van der Waals surface area contributed by atoms with Gasteiger partial charge in [0.05, 0.1) is 25.0 Å². The number of ether oxygens (including phenoxy) is 1. The summed E-state index contributed by atoms with van der Waals surface area (Å²) in [5.41, 5.74) is 1.72. The van der Waals surface area contributed by atoms with Gasteiger partial charge < -0.3 is 20.5 Å². The molecule has 3 N–H and O–H groups in total. The van der Waals surface area contributed by atoms with Crippen molar-refractivity contribution in [2.45, 2.75) is 58.2 Å². The number of carbonyl (C=O) groups is 1. The molecule has 0 bridgehead atoms. The van der Waals surface area contributed by atoms with Gasteiger partial charge in [0.15, 0.2) is 0 Å². The molecule has 0 spiro atoms. The molecule has 1 amide bonds. The van der Waals surface area contributed by atoms with Gasteiger partial charge in [0, 0.05) is 42.6 Å². The smallest absolute Gasteiger partial charge is 0.221 e. The van der Waals surface area contributed by atoms with Gasteiger partial charge in [-0.1, -0.05) is 49.2 Å². The molecule has 11 heteroatoms. The third kappa shape index (κ3) is 11.1.